The van der Waals surface area contributed by atoms with E-state index in [1.807, 2.05) is 25.7 Å². The van der Waals surface area contributed by atoms with Gasteiger partial charge in [-0.1, -0.05) is 0 Å². The molecule has 0 spiro atoms. The molecule has 1 atom stereocenters. The van der Waals surface area contributed by atoms with Gasteiger partial charge in [-0.3, -0.25) is 9.79 Å². The van der Waals surface area contributed by atoms with Gasteiger partial charge in [-0.2, -0.15) is 0 Å². The van der Waals surface area contributed by atoms with Gasteiger partial charge in [0.2, 0.25) is 0 Å². The molecule has 1 aliphatic rings. The van der Waals surface area contributed by atoms with Crippen molar-refractivity contribution in [2.45, 2.75) is 32.8 Å². The first-order valence-corrected chi connectivity index (χ1v) is 5.53. The molecule has 0 saturated carbocycles. The highest BCUT2D eigenvalue weighted by atomic mass is 127. The van der Waals surface area contributed by atoms with Crippen molar-refractivity contribution in [3.63, 3.8) is 0 Å². The first-order chi connectivity index (χ1) is 7.33. The molecule has 0 aromatic rings. The molecule has 100 valence electrons. The number of esters is 1. The maximum atomic E-state index is 11.8. The van der Waals surface area contributed by atoms with E-state index >= 15 is 0 Å². The van der Waals surface area contributed by atoms with Crippen LogP contribution in [0.4, 0.5) is 0 Å². The zero-order valence-electron chi connectivity index (χ0n) is 10.9. The van der Waals surface area contributed by atoms with Gasteiger partial charge < -0.3 is 15.4 Å². The molecule has 0 radical (unpaired) electrons. The van der Waals surface area contributed by atoms with E-state index in [2.05, 4.69) is 4.99 Å². The summed E-state index contributed by atoms with van der Waals surface area (Å²) in [4.78, 5) is 17.6. The molecule has 1 aliphatic heterocycles. The second kappa shape index (κ2) is 6.42. The van der Waals surface area contributed by atoms with Gasteiger partial charge in [0.15, 0.2) is 5.96 Å². The van der Waals surface area contributed by atoms with Gasteiger partial charge in [-0.05, 0) is 27.2 Å². The number of aliphatic imine (C=N–C) groups is 1. The zero-order chi connectivity index (χ0) is 12.3. The molecule has 17 heavy (non-hydrogen) atoms. The second-order valence-electron chi connectivity index (χ2n) is 5.05. The summed E-state index contributed by atoms with van der Waals surface area (Å²) in [6.45, 7) is 7.00. The summed E-state index contributed by atoms with van der Waals surface area (Å²) in [5, 5.41) is 0. The Kier molecular flexibility index (Phi) is 6.22. The number of nitrogens with zero attached hydrogens (tertiary/aromatic N) is 2. The highest BCUT2D eigenvalue weighted by molar-refractivity contribution is 14.0. The Balaban J connectivity index is 0.00000256. The highest BCUT2D eigenvalue weighted by Crippen LogP contribution is 2.20. The van der Waals surface area contributed by atoms with E-state index in [0.29, 0.717) is 12.5 Å². The number of likely N-dealkylation sites (tertiary alicyclic amines) is 1. The van der Waals surface area contributed by atoms with Crippen LogP contribution in [0.2, 0.25) is 0 Å². The molecule has 1 rings (SSSR count). The number of nitrogens with two attached hydrogens (primary N) is 1. The molecule has 1 heterocycles. The lowest BCUT2D eigenvalue weighted by Gasteiger charge is -2.22. The third-order valence-corrected chi connectivity index (χ3v) is 2.48. The predicted molar refractivity (Wildman–Crippen MR) is 78.5 cm³/mol. The van der Waals surface area contributed by atoms with Crippen LogP contribution in [0.5, 0.6) is 0 Å². The first-order valence-electron chi connectivity index (χ1n) is 5.53. The molecule has 6 heteroatoms. The van der Waals surface area contributed by atoms with Crippen LogP contribution in [0.1, 0.15) is 27.2 Å². The van der Waals surface area contributed by atoms with Crippen LogP contribution in [0.15, 0.2) is 4.99 Å². The van der Waals surface area contributed by atoms with Crippen molar-refractivity contribution >= 4 is 35.9 Å². The highest BCUT2D eigenvalue weighted by Gasteiger charge is 2.32. The molecule has 0 aromatic heterocycles. The molecule has 0 amide bonds. The Morgan fingerprint density at radius 1 is 1.47 bits per heavy atom. The molecule has 0 aliphatic carbocycles. The Morgan fingerprint density at radius 3 is 2.53 bits per heavy atom. The summed E-state index contributed by atoms with van der Waals surface area (Å²) < 4.78 is 5.34. The summed E-state index contributed by atoms with van der Waals surface area (Å²) in [6.07, 6.45) is 0.783. The molecular formula is C11H22IN3O2. The molecule has 1 unspecified atom stereocenters. The lowest BCUT2D eigenvalue weighted by Crippen LogP contribution is -2.37. The van der Waals surface area contributed by atoms with Crippen LogP contribution < -0.4 is 5.73 Å². The van der Waals surface area contributed by atoms with Crippen molar-refractivity contribution in [1.82, 2.24) is 4.90 Å². The number of carbonyl (C=O) groups excluding carboxylic acids is 1. The Morgan fingerprint density at radius 2 is 2.06 bits per heavy atom. The van der Waals surface area contributed by atoms with Crippen molar-refractivity contribution in [3.05, 3.63) is 0 Å². The van der Waals surface area contributed by atoms with Crippen LogP contribution in [-0.2, 0) is 9.53 Å². The fraction of sp³-hybridized carbons (Fsp3) is 0.818. The minimum atomic E-state index is -0.422. The monoisotopic (exact) mass is 355 g/mol. The number of halogens is 1. The minimum absolute atomic E-state index is 0. The summed E-state index contributed by atoms with van der Waals surface area (Å²) >= 11 is 0. The van der Waals surface area contributed by atoms with Gasteiger partial charge in [0.1, 0.15) is 5.60 Å². The SMILES string of the molecule is CN=C(N)N1CCC(C(=O)OC(C)(C)C)C1.I. The molecule has 1 saturated heterocycles. The number of hydrogen-bond donors (Lipinski definition) is 1. The van der Waals surface area contributed by atoms with Gasteiger partial charge in [0.25, 0.3) is 0 Å². The smallest absolute Gasteiger partial charge is 0.311 e. The van der Waals surface area contributed by atoms with Crippen molar-refractivity contribution in [2.24, 2.45) is 16.6 Å². The topological polar surface area (TPSA) is 67.9 Å². The largest absolute Gasteiger partial charge is 0.460 e. The van der Waals surface area contributed by atoms with Crippen LogP contribution in [0.25, 0.3) is 0 Å². The second-order valence-corrected chi connectivity index (χ2v) is 5.05. The van der Waals surface area contributed by atoms with E-state index in [0.717, 1.165) is 13.0 Å². The quantitative estimate of drug-likeness (QED) is 0.332. The Hall–Kier alpha value is -0.530. The molecule has 0 bridgehead atoms. The number of guanidine groups is 1. The van der Waals surface area contributed by atoms with Crippen molar-refractivity contribution in [3.8, 4) is 0 Å². The predicted octanol–water partition coefficient (Wildman–Crippen LogP) is 1.21. The third-order valence-electron chi connectivity index (χ3n) is 2.48. The van der Waals surface area contributed by atoms with Gasteiger partial charge in [0.05, 0.1) is 5.92 Å². The van der Waals surface area contributed by atoms with Crippen LogP contribution in [-0.4, -0.2) is 42.6 Å². The number of hydrogen-bond acceptors (Lipinski definition) is 3. The van der Waals surface area contributed by atoms with E-state index in [4.69, 9.17) is 10.5 Å². The molecular weight excluding hydrogens is 333 g/mol. The third kappa shape index (κ3) is 5.10. The molecule has 5 nitrogen and oxygen atoms in total. The van der Waals surface area contributed by atoms with E-state index in [1.165, 1.54) is 0 Å². The lowest BCUT2D eigenvalue weighted by molar-refractivity contribution is -0.159. The first kappa shape index (κ1) is 16.5. The normalized spacial score (nSPS) is 21.1. The van der Waals surface area contributed by atoms with E-state index in [1.54, 1.807) is 7.05 Å². The molecule has 0 aromatic carbocycles. The average Bonchev–Trinajstić information content (AvgIpc) is 2.62. The summed E-state index contributed by atoms with van der Waals surface area (Å²) in [6, 6.07) is 0. The Labute approximate surface area is 120 Å². The number of rotatable bonds is 1. The lowest BCUT2D eigenvalue weighted by atomic mass is 10.1. The number of carbonyl (C=O) groups is 1. The van der Waals surface area contributed by atoms with E-state index in [-0.39, 0.29) is 35.9 Å². The van der Waals surface area contributed by atoms with Crippen molar-refractivity contribution in [2.75, 3.05) is 20.1 Å². The summed E-state index contributed by atoms with van der Waals surface area (Å²) in [5.41, 5.74) is 5.27. The molecule has 2 N–H and O–H groups in total. The maximum absolute atomic E-state index is 11.8. The van der Waals surface area contributed by atoms with Gasteiger partial charge >= 0.3 is 5.97 Å². The van der Waals surface area contributed by atoms with Gasteiger partial charge in [-0.25, -0.2) is 0 Å². The van der Waals surface area contributed by atoms with Crippen molar-refractivity contribution in [1.29, 1.82) is 0 Å². The fourth-order valence-corrected chi connectivity index (χ4v) is 1.69. The average molecular weight is 355 g/mol. The van der Waals surface area contributed by atoms with Crippen LogP contribution in [0, 0.1) is 5.92 Å². The zero-order valence-corrected chi connectivity index (χ0v) is 13.2. The molecule has 1 fully saturated rings. The maximum Gasteiger partial charge on any atom is 0.311 e. The minimum Gasteiger partial charge on any atom is -0.460 e. The van der Waals surface area contributed by atoms with E-state index in [9.17, 15) is 4.79 Å². The Bertz CT molecular complexity index is 300. The standard InChI is InChI=1S/C11H21N3O2.HI/c1-11(2,3)16-9(15)8-5-6-14(7-8)10(12)13-4;/h8H,5-7H2,1-4H3,(H2,12,13);1H. The van der Waals surface area contributed by atoms with Crippen molar-refractivity contribution < 1.29 is 9.53 Å². The van der Waals surface area contributed by atoms with Crippen LogP contribution in [0.3, 0.4) is 0 Å². The van der Waals surface area contributed by atoms with E-state index < -0.39 is 5.60 Å². The number of ether oxygens (including phenoxy) is 1. The fourth-order valence-electron chi connectivity index (χ4n) is 1.69. The van der Waals surface area contributed by atoms with Gasteiger partial charge in [-0.15, -0.1) is 24.0 Å². The summed E-state index contributed by atoms with van der Waals surface area (Å²) in [7, 11) is 1.65. The summed E-state index contributed by atoms with van der Waals surface area (Å²) in [5.74, 6) is 0.268. The van der Waals surface area contributed by atoms with Gasteiger partial charge in [0, 0.05) is 20.1 Å². The van der Waals surface area contributed by atoms with Crippen LogP contribution >= 0.6 is 24.0 Å².